The lowest BCUT2D eigenvalue weighted by atomic mass is 9.85. The van der Waals surface area contributed by atoms with E-state index in [1.165, 1.54) is 18.4 Å². The summed E-state index contributed by atoms with van der Waals surface area (Å²) in [5.74, 6) is 0.785. The van der Waals surface area contributed by atoms with Crippen LogP contribution in [0, 0.1) is 5.92 Å². The average molecular weight is 254 g/mol. The Morgan fingerprint density at radius 3 is 3.11 bits per heavy atom. The van der Waals surface area contributed by atoms with E-state index in [1.54, 1.807) is 12.4 Å². The number of aromatic amines is 1. The molecule has 3 heteroatoms. The van der Waals surface area contributed by atoms with Gasteiger partial charge >= 0.3 is 0 Å². The van der Waals surface area contributed by atoms with Crippen LogP contribution >= 0.6 is 0 Å². The molecule has 1 aliphatic carbocycles. The van der Waals surface area contributed by atoms with Crippen molar-refractivity contribution in [2.45, 2.75) is 32.6 Å². The summed E-state index contributed by atoms with van der Waals surface area (Å²) >= 11 is 0. The molecule has 3 rings (SSSR count). The lowest BCUT2D eigenvalue weighted by Gasteiger charge is -2.20. The van der Waals surface area contributed by atoms with Crippen LogP contribution in [0.5, 0.6) is 0 Å². The molecule has 0 amide bonds. The van der Waals surface area contributed by atoms with Gasteiger partial charge in [-0.05, 0) is 42.9 Å². The first-order valence-corrected chi connectivity index (χ1v) is 6.94. The fourth-order valence-electron chi connectivity index (χ4n) is 2.79. The quantitative estimate of drug-likeness (QED) is 0.891. The molecule has 0 spiro atoms. The molecule has 0 aliphatic heterocycles. The summed E-state index contributed by atoms with van der Waals surface area (Å²) in [7, 11) is 0. The van der Waals surface area contributed by atoms with Crippen LogP contribution in [0.3, 0.4) is 0 Å². The van der Waals surface area contributed by atoms with E-state index in [1.807, 2.05) is 12.1 Å². The molecule has 2 heterocycles. The predicted octanol–water partition coefficient (Wildman–Crippen LogP) is 3.52. The van der Waals surface area contributed by atoms with Gasteiger partial charge in [0.15, 0.2) is 0 Å². The highest BCUT2D eigenvalue weighted by Gasteiger charge is 2.16. The molecule has 1 aliphatic rings. The van der Waals surface area contributed by atoms with Gasteiger partial charge in [0, 0.05) is 17.1 Å². The number of hydrogen-bond acceptors (Lipinski definition) is 2. The zero-order chi connectivity index (χ0) is 13.2. The van der Waals surface area contributed by atoms with Crippen LogP contribution in [0.2, 0.25) is 0 Å². The Morgan fingerprint density at radius 1 is 1.47 bits per heavy atom. The fourth-order valence-corrected chi connectivity index (χ4v) is 2.79. The normalized spacial score (nSPS) is 19.4. The summed E-state index contributed by atoms with van der Waals surface area (Å²) in [5.41, 5.74) is 2.83. The average Bonchev–Trinajstić information content (AvgIpc) is 2.47. The summed E-state index contributed by atoms with van der Waals surface area (Å²) in [4.78, 5) is 19.1. The van der Waals surface area contributed by atoms with Crippen molar-refractivity contribution in [1.82, 2.24) is 9.97 Å². The van der Waals surface area contributed by atoms with E-state index >= 15 is 0 Å². The maximum atomic E-state index is 12.2. The van der Waals surface area contributed by atoms with Crippen LogP contribution < -0.4 is 5.56 Å². The van der Waals surface area contributed by atoms with Crippen molar-refractivity contribution >= 4 is 16.5 Å². The smallest absolute Gasteiger partial charge is 0.256 e. The van der Waals surface area contributed by atoms with Gasteiger partial charge in [-0.2, -0.15) is 0 Å². The molecule has 0 aromatic carbocycles. The standard InChI is InChI=1S/C16H18N2O/c1-2-11-3-5-12(6-4-11)14-9-13-7-8-17-10-15(13)18-16(14)19/h5,7-11H,2-4,6H2,1H3,(H,18,19). The number of nitrogens with zero attached hydrogens (tertiary/aromatic N) is 1. The minimum Gasteiger partial charge on any atom is -0.320 e. The van der Waals surface area contributed by atoms with Crippen LogP contribution in [0.4, 0.5) is 0 Å². The summed E-state index contributed by atoms with van der Waals surface area (Å²) < 4.78 is 0. The molecular formula is C16H18N2O. The first kappa shape index (κ1) is 12.2. The third kappa shape index (κ3) is 2.33. The van der Waals surface area contributed by atoms with Gasteiger partial charge in [0.2, 0.25) is 0 Å². The maximum Gasteiger partial charge on any atom is 0.256 e. The molecule has 0 radical (unpaired) electrons. The Bertz CT molecular complexity index is 684. The number of pyridine rings is 2. The van der Waals surface area contributed by atoms with E-state index in [9.17, 15) is 4.79 Å². The lowest BCUT2D eigenvalue weighted by Crippen LogP contribution is -2.14. The minimum absolute atomic E-state index is 0.00157. The van der Waals surface area contributed by atoms with Gasteiger partial charge in [0.25, 0.3) is 5.56 Å². The molecule has 3 nitrogen and oxygen atoms in total. The molecule has 0 saturated carbocycles. The molecule has 2 aromatic heterocycles. The summed E-state index contributed by atoms with van der Waals surface area (Å²) in [6.45, 7) is 2.24. The zero-order valence-electron chi connectivity index (χ0n) is 11.1. The number of hydrogen-bond donors (Lipinski definition) is 1. The highest BCUT2D eigenvalue weighted by molar-refractivity contribution is 5.81. The number of fused-ring (bicyclic) bond motifs is 1. The van der Waals surface area contributed by atoms with Crippen molar-refractivity contribution in [2.24, 2.45) is 5.92 Å². The predicted molar refractivity (Wildman–Crippen MR) is 78.0 cm³/mol. The second-order valence-corrected chi connectivity index (χ2v) is 5.25. The molecular weight excluding hydrogens is 236 g/mol. The maximum absolute atomic E-state index is 12.2. The second kappa shape index (κ2) is 5.00. The van der Waals surface area contributed by atoms with Crippen LogP contribution in [-0.2, 0) is 0 Å². The van der Waals surface area contributed by atoms with E-state index < -0.39 is 0 Å². The Hall–Kier alpha value is -1.90. The third-order valence-corrected chi connectivity index (χ3v) is 4.09. The Balaban J connectivity index is 2.03. The van der Waals surface area contributed by atoms with E-state index in [0.29, 0.717) is 0 Å². The van der Waals surface area contributed by atoms with Crippen LogP contribution in [0.15, 0.2) is 35.4 Å². The van der Waals surface area contributed by atoms with Gasteiger partial charge in [0.1, 0.15) is 0 Å². The molecule has 1 atom stereocenters. The molecule has 1 unspecified atom stereocenters. The van der Waals surface area contributed by atoms with Gasteiger partial charge in [-0.25, -0.2) is 0 Å². The van der Waals surface area contributed by atoms with E-state index in [2.05, 4.69) is 23.0 Å². The van der Waals surface area contributed by atoms with E-state index in [0.717, 1.165) is 35.2 Å². The highest BCUT2D eigenvalue weighted by atomic mass is 16.1. The first-order valence-electron chi connectivity index (χ1n) is 6.94. The number of rotatable bonds is 2. The van der Waals surface area contributed by atoms with Crippen LogP contribution in [-0.4, -0.2) is 9.97 Å². The minimum atomic E-state index is 0.00157. The van der Waals surface area contributed by atoms with Crippen molar-refractivity contribution in [3.63, 3.8) is 0 Å². The third-order valence-electron chi connectivity index (χ3n) is 4.09. The van der Waals surface area contributed by atoms with Crippen molar-refractivity contribution in [2.75, 3.05) is 0 Å². The number of H-pyrrole nitrogens is 1. The Morgan fingerprint density at radius 2 is 2.37 bits per heavy atom. The largest absolute Gasteiger partial charge is 0.320 e. The van der Waals surface area contributed by atoms with Crippen LogP contribution in [0.1, 0.15) is 38.2 Å². The Kier molecular flexibility index (Phi) is 3.20. The fraction of sp³-hybridized carbons (Fsp3) is 0.375. The van der Waals surface area contributed by atoms with Gasteiger partial charge in [-0.3, -0.25) is 9.78 Å². The molecule has 98 valence electrons. The van der Waals surface area contributed by atoms with Gasteiger partial charge in [-0.15, -0.1) is 0 Å². The summed E-state index contributed by atoms with van der Waals surface area (Å²) in [6.07, 6.45) is 10.2. The molecule has 0 fully saturated rings. The van der Waals surface area contributed by atoms with Crippen molar-refractivity contribution in [3.05, 3.63) is 46.5 Å². The highest BCUT2D eigenvalue weighted by Crippen LogP contribution is 2.30. The van der Waals surface area contributed by atoms with Crippen molar-refractivity contribution in [1.29, 1.82) is 0 Å². The number of nitrogens with one attached hydrogen (secondary N) is 1. The van der Waals surface area contributed by atoms with Crippen LogP contribution in [0.25, 0.3) is 16.5 Å². The molecule has 2 aromatic rings. The lowest BCUT2D eigenvalue weighted by molar-refractivity contribution is 0.470. The van der Waals surface area contributed by atoms with Gasteiger partial charge in [0.05, 0.1) is 11.7 Å². The second-order valence-electron chi connectivity index (χ2n) is 5.25. The van der Waals surface area contributed by atoms with Crippen molar-refractivity contribution in [3.8, 4) is 0 Å². The summed E-state index contributed by atoms with van der Waals surface area (Å²) in [5, 5.41) is 1.04. The van der Waals surface area contributed by atoms with E-state index in [-0.39, 0.29) is 5.56 Å². The first-order chi connectivity index (χ1) is 9.28. The zero-order valence-corrected chi connectivity index (χ0v) is 11.1. The van der Waals surface area contributed by atoms with Gasteiger partial charge < -0.3 is 4.98 Å². The summed E-state index contributed by atoms with van der Waals surface area (Å²) in [6, 6.07) is 3.93. The van der Waals surface area contributed by atoms with E-state index in [4.69, 9.17) is 0 Å². The molecule has 1 N–H and O–H groups in total. The topological polar surface area (TPSA) is 45.8 Å². The Labute approximate surface area is 112 Å². The SMILES string of the molecule is CCC1CC=C(c2cc3ccncc3[nH]c2=O)CC1. The van der Waals surface area contributed by atoms with Gasteiger partial charge in [-0.1, -0.05) is 19.4 Å². The molecule has 0 saturated heterocycles. The number of allylic oxidation sites excluding steroid dienone is 2. The molecule has 0 bridgehead atoms. The van der Waals surface area contributed by atoms with Crippen molar-refractivity contribution < 1.29 is 0 Å². The monoisotopic (exact) mass is 254 g/mol. The number of aromatic nitrogens is 2. The molecule has 19 heavy (non-hydrogen) atoms.